The summed E-state index contributed by atoms with van der Waals surface area (Å²) in [5.74, 6) is 1.54. The van der Waals surface area contributed by atoms with Gasteiger partial charge in [-0.05, 0) is 41.2 Å². The van der Waals surface area contributed by atoms with Crippen molar-refractivity contribution in [2.24, 2.45) is 5.73 Å². The highest BCUT2D eigenvalue weighted by atomic mass is 16.5. The van der Waals surface area contributed by atoms with Gasteiger partial charge < -0.3 is 10.5 Å². The van der Waals surface area contributed by atoms with E-state index in [2.05, 4.69) is 57.2 Å². The maximum atomic E-state index is 6.11. The zero-order valence-corrected chi connectivity index (χ0v) is 13.0. The Balaban J connectivity index is 2.18. The van der Waals surface area contributed by atoms with Crippen LogP contribution in [0.4, 0.5) is 0 Å². The van der Waals surface area contributed by atoms with Crippen LogP contribution in [0, 0.1) is 6.92 Å². The number of hydrogen-bond donors (Lipinski definition) is 1. The number of rotatable bonds is 3. The minimum absolute atomic E-state index is 0.116. The van der Waals surface area contributed by atoms with Gasteiger partial charge in [-0.15, -0.1) is 0 Å². The molecule has 0 aromatic heterocycles. The van der Waals surface area contributed by atoms with Crippen LogP contribution >= 0.6 is 0 Å². The van der Waals surface area contributed by atoms with Crippen LogP contribution in [-0.2, 0) is 6.42 Å². The summed E-state index contributed by atoms with van der Waals surface area (Å²) in [4.78, 5) is 0. The fraction of sp³-hybridized carbons (Fsp3) is 0.368. The zero-order chi connectivity index (χ0) is 15.0. The summed E-state index contributed by atoms with van der Waals surface area (Å²) in [6, 6.07) is 13.1. The average Bonchev–Trinajstić information content (AvgIpc) is 2.90. The molecule has 21 heavy (non-hydrogen) atoms. The molecule has 0 bridgehead atoms. The predicted octanol–water partition coefficient (Wildman–Crippen LogP) is 4.05. The molecule has 1 aliphatic rings. The van der Waals surface area contributed by atoms with Crippen LogP contribution in [0.3, 0.4) is 0 Å². The normalized spacial score (nSPS) is 16.9. The van der Waals surface area contributed by atoms with Gasteiger partial charge in [-0.25, -0.2) is 0 Å². The molecule has 2 aromatic carbocycles. The van der Waals surface area contributed by atoms with Gasteiger partial charge in [0.05, 0.1) is 0 Å². The van der Waals surface area contributed by atoms with Gasteiger partial charge in [0, 0.05) is 18.5 Å². The molecule has 1 atom stereocenters. The van der Waals surface area contributed by atoms with Gasteiger partial charge >= 0.3 is 0 Å². The average molecular weight is 281 g/mol. The first kappa shape index (κ1) is 14.2. The van der Waals surface area contributed by atoms with Crippen LogP contribution in [0.2, 0.25) is 0 Å². The Kier molecular flexibility index (Phi) is 3.73. The third-order valence-corrected chi connectivity index (χ3v) is 4.29. The lowest BCUT2D eigenvalue weighted by molar-refractivity contribution is 0.242. The Morgan fingerprint density at radius 1 is 1.19 bits per heavy atom. The highest BCUT2D eigenvalue weighted by Gasteiger charge is 2.26. The summed E-state index contributed by atoms with van der Waals surface area (Å²) in [7, 11) is 0. The molecule has 1 aliphatic heterocycles. The molecule has 110 valence electrons. The van der Waals surface area contributed by atoms with Crippen LogP contribution < -0.4 is 10.5 Å². The highest BCUT2D eigenvalue weighted by Crippen LogP contribution is 2.42. The fourth-order valence-corrected chi connectivity index (χ4v) is 3.00. The molecule has 2 heteroatoms. The molecule has 3 rings (SSSR count). The summed E-state index contributed by atoms with van der Waals surface area (Å²) in [5, 5.41) is 0. The van der Waals surface area contributed by atoms with Crippen molar-refractivity contribution < 1.29 is 4.74 Å². The van der Waals surface area contributed by atoms with E-state index < -0.39 is 0 Å². The van der Waals surface area contributed by atoms with Gasteiger partial charge in [0.25, 0.3) is 0 Å². The van der Waals surface area contributed by atoms with Crippen LogP contribution in [0.25, 0.3) is 11.1 Å². The van der Waals surface area contributed by atoms with E-state index in [1.165, 1.54) is 27.8 Å². The van der Waals surface area contributed by atoms with E-state index in [9.17, 15) is 0 Å². The number of aryl methyl sites for hydroxylation is 1. The minimum atomic E-state index is 0.116. The molecule has 2 aromatic rings. The molecule has 0 radical (unpaired) electrons. The van der Waals surface area contributed by atoms with Crippen LogP contribution in [-0.4, -0.2) is 12.6 Å². The number of nitrogens with two attached hydrogens (primary N) is 1. The van der Waals surface area contributed by atoms with Crippen molar-refractivity contribution in [3.05, 3.63) is 53.1 Å². The minimum Gasteiger partial charge on any atom is -0.488 e. The van der Waals surface area contributed by atoms with Crippen molar-refractivity contribution in [2.75, 3.05) is 6.54 Å². The molecule has 0 saturated heterocycles. The molecular formula is C19H23NO. The lowest BCUT2D eigenvalue weighted by Gasteiger charge is -2.15. The van der Waals surface area contributed by atoms with E-state index in [4.69, 9.17) is 10.5 Å². The zero-order valence-electron chi connectivity index (χ0n) is 13.0. The Morgan fingerprint density at radius 2 is 1.95 bits per heavy atom. The molecule has 1 unspecified atom stereocenters. The summed E-state index contributed by atoms with van der Waals surface area (Å²) >= 11 is 0. The first-order chi connectivity index (χ1) is 10.1. The fourth-order valence-electron chi connectivity index (χ4n) is 3.00. The summed E-state index contributed by atoms with van der Waals surface area (Å²) in [5.41, 5.74) is 12.2. The summed E-state index contributed by atoms with van der Waals surface area (Å²) < 4.78 is 6.11. The molecule has 0 aliphatic carbocycles. The second-order valence-electron chi connectivity index (χ2n) is 6.21. The second-order valence-corrected chi connectivity index (χ2v) is 6.21. The smallest absolute Gasteiger partial charge is 0.130 e. The SMILES string of the molecule is Cc1ccccc1-c1cc(C(C)C)cc2c1OC(CN)C2. The van der Waals surface area contributed by atoms with Crippen molar-refractivity contribution in [1.82, 2.24) is 0 Å². The van der Waals surface area contributed by atoms with Crippen molar-refractivity contribution in [3.8, 4) is 16.9 Å². The Morgan fingerprint density at radius 3 is 2.62 bits per heavy atom. The van der Waals surface area contributed by atoms with Gasteiger partial charge in [0.1, 0.15) is 11.9 Å². The van der Waals surface area contributed by atoms with E-state index in [0.717, 1.165) is 12.2 Å². The molecule has 0 saturated carbocycles. The second kappa shape index (κ2) is 5.53. The lowest BCUT2D eigenvalue weighted by atomic mass is 9.91. The Labute approximate surface area is 126 Å². The monoisotopic (exact) mass is 281 g/mol. The third kappa shape index (κ3) is 2.56. The summed E-state index contributed by atoms with van der Waals surface area (Å²) in [6.45, 7) is 7.19. The topological polar surface area (TPSA) is 35.2 Å². The van der Waals surface area contributed by atoms with Gasteiger partial charge in [0.2, 0.25) is 0 Å². The quantitative estimate of drug-likeness (QED) is 0.921. The maximum absolute atomic E-state index is 6.11. The number of ether oxygens (including phenoxy) is 1. The van der Waals surface area contributed by atoms with E-state index in [1.54, 1.807) is 0 Å². The molecular weight excluding hydrogens is 258 g/mol. The third-order valence-electron chi connectivity index (χ3n) is 4.29. The van der Waals surface area contributed by atoms with Crippen molar-refractivity contribution in [3.63, 3.8) is 0 Å². The van der Waals surface area contributed by atoms with Crippen molar-refractivity contribution in [2.45, 2.75) is 39.2 Å². The van der Waals surface area contributed by atoms with Crippen LogP contribution in [0.5, 0.6) is 5.75 Å². The molecule has 1 heterocycles. The van der Waals surface area contributed by atoms with Gasteiger partial charge in [0.15, 0.2) is 0 Å². The molecule has 2 N–H and O–H groups in total. The molecule has 2 nitrogen and oxygen atoms in total. The highest BCUT2D eigenvalue weighted by molar-refractivity contribution is 5.76. The van der Waals surface area contributed by atoms with Gasteiger partial charge in [-0.2, -0.15) is 0 Å². The predicted molar refractivity (Wildman–Crippen MR) is 87.9 cm³/mol. The summed E-state index contributed by atoms with van der Waals surface area (Å²) in [6.07, 6.45) is 1.04. The van der Waals surface area contributed by atoms with E-state index >= 15 is 0 Å². The van der Waals surface area contributed by atoms with Crippen molar-refractivity contribution in [1.29, 1.82) is 0 Å². The standard InChI is InChI=1S/C19H23NO/c1-12(2)14-8-15-9-16(11-20)21-19(15)18(10-14)17-7-5-4-6-13(17)3/h4-8,10,12,16H,9,11,20H2,1-3H3. The lowest BCUT2D eigenvalue weighted by Crippen LogP contribution is -2.24. The first-order valence-electron chi connectivity index (χ1n) is 7.69. The van der Waals surface area contributed by atoms with E-state index in [0.29, 0.717) is 12.5 Å². The number of benzene rings is 2. The molecule has 0 amide bonds. The van der Waals surface area contributed by atoms with Crippen LogP contribution in [0.15, 0.2) is 36.4 Å². The first-order valence-corrected chi connectivity index (χ1v) is 7.69. The van der Waals surface area contributed by atoms with Gasteiger partial charge in [-0.1, -0.05) is 44.2 Å². The molecule has 0 fully saturated rings. The Hall–Kier alpha value is -1.80. The van der Waals surface area contributed by atoms with E-state index in [-0.39, 0.29) is 6.10 Å². The van der Waals surface area contributed by atoms with Crippen LogP contribution in [0.1, 0.15) is 36.5 Å². The van der Waals surface area contributed by atoms with Crippen molar-refractivity contribution >= 4 is 0 Å². The largest absolute Gasteiger partial charge is 0.488 e. The van der Waals surface area contributed by atoms with E-state index in [1.807, 2.05) is 0 Å². The van der Waals surface area contributed by atoms with Gasteiger partial charge in [-0.3, -0.25) is 0 Å². The molecule has 0 spiro atoms. The Bertz CT molecular complexity index is 661. The number of fused-ring (bicyclic) bond motifs is 1. The number of hydrogen-bond acceptors (Lipinski definition) is 2. The maximum Gasteiger partial charge on any atom is 0.130 e.